The average Bonchev–Trinajstić information content (AvgIpc) is 2.95. The van der Waals surface area contributed by atoms with Crippen molar-refractivity contribution in [3.63, 3.8) is 0 Å². The fourth-order valence-corrected chi connectivity index (χ4v) is 4.64. The van der Waals surface area contributed by atoms with Gasteiger partial charge in [0.25, 0.3) is 11.8 Å². The van der Waals surface area contributed by atoms with Crippen LogP contribution in [0.5, 0.6) is 11.5 Å². The molecule has 0 spiro atoms. The summed E-state index contributed by atoms with van der Waals surface area (Å²) in [6.07, 6.45) is 2.88. The number of carbonyl (C=O) groups is 2. The summed E-state index contributed by atoms with van der Waals surface area (Å²) in [6, 6.07) is 15.9. The Hall–Kier alpha value is -3.95. The molecule has 3 aromatic rings. The minimum atomic E-state index is -0.376. The first-order valence-electron chi connectivity index (χ1n) is 13.0. The van der Waals surface area contributed by atoms with E-state index in [1.165, 1.54) is 0 Å². The number of ether oxygens (including phenoxy) is 2. The van der Waals surface area contributed by atoms with Gasteiger partial charge in [-0.2, -0.15) is 0 Å². The molecule has 1 aliphatic heterocycles. The van der Waals surface area contributed by atoms with E-state index in [-0.39, 0.29) is 36.5 Å². The first kappa shape index (κ1) is 28.1. The lowest BCUT2D eigenvalue weighted by Crippen LogP contribution is -2.49. The van der Waals surface area contributed by atoms with Crippen molar-refractivity contribution in [3.05, 3.63) is 83.7 Å². The van der Waals surface area contributed by atoms with E-state index in [1.54, 1.807) is 54.7 Å². The van der Waals surface area contributed by atoms with Gasteiger partial charge in [-0.15, -0.1) is 0 Å². The molecule has 2 amide bonds. The number of anilines is 1. The zero-order valence-electron chi connectivity index (χ0n) is 22.8. The average molecular weight is 533 g/mol. The summed E-state index contributed by atoms with van der Waals surface area (Å²) in [6.45, 7) is 5.50. The van der Waals surface area contributed by atoms with Crippen LogP contribution in [0, 0.1) is 5.92 Å². The third-order valence-corrected chi connectivity index (χ3v) is 6.97. The molecule has 1 aliphatic rings. The van der Waals surface area contributed by atoms with Crippen LogP contribution in [0.25, 0.3) is 0 Å². The lowest BCUT2D eigenvalue weighted by Gasteiger charge is -2.38. The number of likely N-dealkylation sites (N-methyl/N-ethyl adjacent to an activating group) is 1. The van der Waals surface area contributed by atoms with E-state index in [1.807, 2.05) is 38.2 Å². The molecule has 4 rings (SSSR count). The lowest BCUT2D eigenvalue weighted by molar-refractivity contribution is 0.0341. The van der Waals surface area contributed by atoms with Crippen LogP contribution in [0.15, 0.2) is 67.0 Å². The Morgan fingerprint density at radius 3 is 2.59 bits per heavy atom. The van der Waals surface area contributed by atoms with E-state index in [2.05, 4.69) is 22.1 Å². The summed E-state index contributed by atoms with van der Waals surface area (Å²) in [7, 11) is 3.69. The van der Waals surface area contributed by atoms with E-state index < -0.39 is 0 Å². The molecular formula is C30H36N4O5. The first-order chi connectivity index (χ1) is 18.8. The number of nitrogens with one attached hydrogen (secondary N) is 1. The molecule has 0 saturated carbocycles. The number of amides is 2. The van der Waals surface area contributed by atoms with Gasteiger partial charge in [-0.25, -0.2) is 0 Å². The Labute approximate surface area is 229 Å². The van der Waals surface area contributed by atoms with E-state index in [9.17, 15) is 14.7 Å². The highest BCUT2D eigenvalue weighted by atomic mass is 16.5. The van der Waals surface area contributed by atoms with Gasteiger partial charge in [0, 0.05) is 49.2 Å². The van der Waals surface area contributed by atoms with Crippen molar-refractivity contribution in [2.75, 3.05) is 39.2 Å². The number of pyridine rings is 1. The highest BCUT2D eigenvalue weighted by Gasteiger charge is 2.33. The minimum Gasteiger partial charge on any atom is -0.497 e. The number of aromatic nitrogens is 1. The summed E-state index contributed by atoms with van der Waals surface area (Å²) in [5.41, 5.74) is 2.43. The molecule has 0 fully saturated rings. The monoisotopic (exact) mass is 532 g/mol. The second-order valence-electron chi connectivity index (χ2n) is 10.1. The van der Waals surface area contributed by atoms with E-state index in [4.69, 9.17) is 9.47 Å². The molecular weight excluding hydrogens is 496 g/mol. The number of benzene rings is 2. The first-order valence-corrected chi connectivity index (χ1v) is 13.0. The van der Waals surface area contributed by atoms with Crippen molar-refractivity contribution in [3.8, 4) is 11.5 Å². The molecule has 0 bridgehead atoms. The van der Waals surface area contributed by atoms with Crippen molar-refractivity contribution in [1.29, 1.82) is 0 Å². The maximum absolute atomic E-state index is 13.7. The molecule has 3 atom stereocenters. The zero-order valence-corrected chi connectivity index (χ0v) is 22.8. The summed E-state index contributed by atoms with van der Waals surface area (Å²) in [4.78, 5) is 34.2. The second-order valence-corrected chi connectivity index (χ2v) is 10.1. The summed E-state index contributed by atoms with van der Waals surface area (Å²) >= 11 is 0. The van der Waals surface area contributed by atoms with E-state index >= 15 is 0 Å². The molecule has 2 N–H and O–H groups in total. The predicted molar refractivity (Wildman–Crippen MR) is 149 cm³/mol. The van der Waals surface area contributed by atoms with Crippen LogP contribution < -0.4 is 14.8 Å². The number of hydrogen-bond acceptors (Lipinski definition) is 7. The highest BCUT2D eigenvalue weighted by molar-refractivity contribution is 6.05. The molecule has 9 nitrogen and oxygen atoms in total. The van der Waals surface area contributed by atoms with Crippen molar-refractivity contribution in [1.82, 2.24) is 14.8 Å². The van der Waals surface area contributed by atoms with Gasteiger partial charge >= 0.3 is 0 Å². The number of nitrogens with zero attached hydrogens (tertiary/aromatic N) is 3. The van der Waals surface area contributed by atoms with Crippen LogP contribution in [-0.4, -0.2) is 77.7 Å². The Balaban J connectivity index is 1.58. The zero-order chi connectivity index (χ0) is 27.9. The molecule has 39 heavy (non-hydrogen) atoms. The third-order valence-electron chi connectivity index (χ3n) is 6.97. The SMILES string of the molecule is COc1ccc(CN(C)C[C@@H]2Oc3ccc(NC(=O)c4ccncc4)cc3C(=O)N([C@@H](C)CO)C[C@@H]2C)cc1. The molecule has 206 valence electrons. The van der Waals surface area contributed by atoms with Crippen LogP contribution in [0.4, 0.5) is 5.69 Å². The summed E-state index contributed by atoms with van der Waals surface area (Å²) in [5, 5.41) is 12.8. The van der Waals surface area contributed by atoms with Crippen LogP contribution in [-0.2, 0) is 6.54 Å². The molecule has 2 aromatic carbocycles. The topological polar surface area (TPSA) is 104 Å². The molecule has 0 radical (unpaired) electrons. The Kier molecular flexibility index (Phi) is 9.16. The van der Waals surface area contributed by atoms with Gasteiger partial charge < -0.3 is 24.8 Å². The number of carbonyl (C=O) groups excluding carboxylic acids is 2. The fraction of sp³-hybridized carbons (Fsp3) is 0.367. The van der Waals surface area contributed by atoms with Gasteiger partial charge in [0.15, 0.2) is 0 Å². The van der Waals surface area contributed by atoms with Gasteiger partial charge in [-0.05, 0) is 62.0 Å². The smallest absolute Gasteiger partial charge is 0.258 e. The van der Waals surface area contributed by atoms with E-state index in [0.29, 0.717) is 35.7 Å². The van der Waals surface area contributed by atoms with Crippen LogP contribution >= 0.6 is 0 Å². The Morgan fingerprint density at radius 2 is 1.92 bits per heavy atom. The number of methoxy groups -OCH3 is 1. The minimum absolute atomic E-state index is 0.000451. The third kappa shape index (κ3) is 6.93. The largest absolute Gasteiger partial charge is 0.497 e. The van der Waals surface area contributed by atoms with Crippen molar-refractivity contribution >= 4 is 17.5 Å². The van der Waals surface area contributed by atoms with Gasteiger partial charge in [-0.1, -0.05) is 19.1 Å². The highest BCUT2D eigenvalue weighted by Crippen LogP contribution is 2.31. The maximum atomic E-state index is 13.7. The number of aliphatic hydroxyl groups is 1. The summed E-state index contributed by atoms with van der Waals surface area (Å²) < 4.78 is 11.7. The Morgan fingerprint density at radius 1 is 1.21 bits per heavy atom. The van der Waals surface area contributed by atoms with Gasteiger partial charge in [0.05, 0.1) is 25.3 Å². The van der Waals surface area contributed by atoms with Crippen LogP contribution in [0.1, 0.15) is 40.1 Å². The van der Waals surface area contributed by atoms with Crippen LogP contribution in [0.2, 0.25) is 0 Å². The normalized spacial score (nSPS) is 18.0. The van der Waals surface area contributed by atoms with Crippen LogP contribution in [0.3, 0.4) is 0 Å². The van der Waals surface area contributed by atoms with Gasteiger partial charge in [0.2, 0.25) is 0 Å². The number of rotatable bonds is 9. The van der Waals surface area contributed by atoms with Gasteiger partial charge in [0.1, 0.15) is 17.6 Å². The molecule has 0 saturated heterocycles. The molecule has 9 heteroatoms. The van der Waals surface area contributed by atoms with Crippen molar-refractivity contribution < 1.29 is 24.2 Å². The molecule has 0 aliphatic carbocycles. The molecule has 1 aromatic heterocycles. The van der Waals surface area contributed by atoms with E-state index in [0.717, 1.165) is 17.9 Å². The van der Waals surface area contributed by atoms with Crippen molar-refractivity contribution in [2.24, 2.45) is 5.92 Å². The molecule has 0 unspecified atom stereocenters. The number of hydrogen-bond donors (Lipinski definition) is 2. The molecule has 2 heterocycles. The quantitative estimate of drug-likeness (QED) is 0.433. The second kappa shape index (κ2) is 12.7. The number of aliphatic hydroxyl groups excluding tert-OH is 1. The fourth-order valence-electron chi connectivity index (χ4n) is 4.64. The van der Waals surface area contributed by atoms with Gasteiger partial charge in [-0.3, -0.25) is 19.5 Å². The number of fused-ring (bicyclic) bond motifs is 1. The standard InChI is InChI=1S/C30H36N4O5/c1-20-16-34(21(2)19-35)30(37)26-15-24(32-29(36)23-11-13-31-14-12-23)7-10-27(26)39-28(20)18-33(3)17-22-5-8-25(38-4)9-6-22/h5-15,20-21,28,35H,16-19H2,1-4H3,(H,32,36)/t20-,21-,28-/m0/s1. The predicted octanol–water partition coefficient (Wildman–Crippen LogP) is 3.69. The lowest BCUT2D eigenvalue weighted by atomic mass is 9.99. The van der Waals surface area contributed by atoms with Crippen molar-refractivity contribution in [2.45, 2.75) is 32.5 Å². The Bertz CT molecular complexity index is 1270. The summed E-state index contributed by atoms with van der Waals surface area (Å²) in [5.74, 6) is 0.716. The maximum Gasteiger partial charge on any atom is 0.258 e.